The summed E-state index contributed by atoms with van der Waals surface area (Å²) in [5.74, 6) is -2.18. The Morgan fingerprint density at radius 3 is 2.08 bits per heavy atom. The van der Waals surface area contributed by atoms with Gasteiger partial charge in [-0.15, -0.1) is 0 Å². The van der Waals surface area contributed by atoms with E-state index in [4.69, 9.17) is 15.2 Å². The summed E-state index contributed by atoms with van der Waals surface area (Å²) in [4.78, 5) is 65.6. The summed E-state index contributed by atoms with van der Waals surface area (Å²) in [6.45, 7) is 14.4. The molecule has 4 N–H and O–H groups in total. The second kappa shape index (κ2) is 15.2. The molecule has 1 aromatic rings. The first-order valence-corrected chi connectivity index (χ1v) is 13.6. The van der Waals surface area contributed by atoms with Crippen molar-refractivity contribution in [2.75, 3.05) is 13.2 Å². The molecule has 0 spiro atoms. The summed E-state index contributed by atoms with van der Waals surface area (Å²) < 4.78 is 10.3. The van der Waals surface area contributed by atoms with Gasteiger partial charge in [-0.3, -0.25) is 19.2 Å². The first-order valence-electron chi connectivity index (χ1n) is 13.6. The zero-order valence-corrected chi connectivity index (χ0v) is 25.1. The van der Waals surface area contributed by atoms with Crippen molar-refractivity contribution in [1.82, 2.24) is 15.5 Å². The van der Waals surface area contributed by atoms with Crippen LogP contribution in [0.5, 0.6) is 0 Å². The molecular weight excluding hydrogens is 516 g/mol. The smallest absolute Gasteiger partial charge is 0.408 e. The van der Waals surface area contributed by atoms with Gasteiger partial charge in [-0.1, -0.05) is 36.8 Å². The lowest BCUT2D eigenvalue weighted by Crippen LogP contribution is -2.59. The summed E-state index contributed by atoms with van der Waals surface area (Å²) >= 11 is 0. The van der Waals surface area contributed by atoms with E-state index < -0.39 is 53.0 Å². The van der Waals surface area contributed by atoms with Crippen molar-refractivity contribution < 1.29 is 33.4 Å². The third-order valence-electron chi connectivity index (χ3n) is 6.26. The minimum absolute atomic E-state index is 0.00980. The highest BCUT2D eigenvalue weighted by atomic mass is 16.6. The Balaban J connectivity index is 3.56. The average Bonchev–Trinajstić information content (AvgIpc) is 2.84. The highest BCUT2D eigenvalue weighted by molar-refractivity contribution is 5.93. The predicted octanol–water partition coefficient (Wildman–Crippen LogP) is 3.28. The minimum atomic E-state index is -1.20. The van der Waals surface area contributed by atoms with E-state index in [1.165, 1.54) is 4.90 Å². The van der Waals surface area contributed by atoms with E-state index >= 15 is 0 Å². The Kier molecular flexibility index (Phi) is 13.1. The fourth-order valence-electron chi connectivity index (χ4n) is 3.89. The third kappa shape index (κ3) is 11.2. The number of nitrogens with two attached hydrogens (primary N) is 1. The van der Waals surface area contributed by atoms with Crippen LogP contribution in [0.15, 0.2) is 24.3 Å². The molecule has 0 saturated carbocycles. The molecule has 0 bridgehead atoms. The molecule has 0 radical (unpaired) electrons. The van der Waals surface area contributed by atoms with E-state index in [9.17, 15) is 24.0 Å². The summed E-state index contributed by atoms with van der Waals surface area (Å²) in [5, 5.41) is 5.34. The Morgan fingerprint density at radius 2 is 1.57 bits per heavy atom. The zero-order valence-electron chi connectivity index (χ0n) is 25.1. The van der Waals surface area contributed by atoms with Gasteiger partial charge in [0.25, 0.3) is 0 Å². The second-order valence-corrected chi connectivity index (χ2v) is 11.2. The molecule has 0 aliphatic rings. The van der Waals surface area contributed by atoms with E-state index in [0.717, 1.165) is 5.56 Å². The molecule has 0 aliphatic carbocycles. The van der Waals surface area contributed by atoms with Crippen LogP contribution >= 0.6 is 0 Å². The molecule has 0 aromatic heterocycles. The van der Waals surface area contributed by atoms with Crippen molar-refractivity contribution in [2.24, 2.45) is 5.73 Å². The number of rotatable bonds is 14. The van der Waals surface area contributed by atoms with E-state index in [1.807, 2.05) is 39.8 Å². The van der Waals surface area contributed by atoms with Crippen LogP contribution in [-0.2, 0) is 28.7 Å². The molecular formula is C29H46N4O7. The van der Waals surface area contributed by atoms with Gasteiger partial charge in [0, 0.05) is 18.5 Å². The highest BCUT2D eigenvalue weighted by Crippen LogP contribution is 2.32. The number of carbonyl (C=O) groups is 5. The lowest BCUT2D eigenvalue weighted by Gasteiger charge is -2.44. The number of nitrogens with zero attached hydrogens (tertiary/aromatic N) is 1. The zero-order chi connectivity index (χ0) is 30.7. The van der Waals surface area contributed by atoms with Crippen molar-refractivity contribution >= 4 is 29.8 Å². The average molecular weight is 563 g/mol. The lowest BCUT2D eigenvalue weighted by atomic mass is 9.91. The van der Waals surface area contributed by atoms with Crippen LogP contribution in [0.1, 0.15) is 91.3 Å². The second-order valence-electron chi connectivity index (χ2n) is 11.2. The first kappa shape index (κ1) is 34.4. The predicted molar refractivity (Wildman–Crippen MR) is 151 cm³/mol. The van der Waals surface area contributed by atoms with Gasteiger partial charge < -0.3 is 30.7 Å². The summed E-state index contributed by atoms with van der Waals surface area (Å²) in [5.41, 5.74) is 5.17. The van der Waals surface area contributed by atoms with Crippen molar-refractivity contribution in [3.63, 3.8) is 0 Å². The number of amides is 4. The Hall–Kier alpha value is -3.63. The number of benzene rings is 1. The Bertz CT molecular complexity index is 1030. The van der Waals surface area contributed by atoms with Crippen LogP contribution in [0.4, 0.5) is 4.79 Å². The Morgan fingerprint density at radius 1 is 0.975 bits per heavy atom. The number of hydrogen-bond acceptors (Lipinski definition) is 7. The molecule has 0 saturated heterocycles. The van der Waals surface area contributed by atoms with Crippen LogP contribution in [0.2, 0.25) is 0 Å². The minimum Gasteiger partial charge on any atom is -0.466 e. The maximum Gasteiger partial charge on any atom is 0.408 e. The van der Waals surface area contributed by atoms with Gasteiger partial charge >= 0.3 is 12.1 Å². The number of nitrogens with one attached hydrogen (secondary N) is 2. The van der Waals surface area contributed by atoms with Gasteiger partial charge in [0.05, 0.1) is 13.0 Å². The fraction of sp³-hybridized carbons (Fsp3) is 0.621. The molecule has 1 rings (SSSR count). The third-order valence-corrected chi connectivity index (χ3v) is 6.26. The van der Waals surface area contributed by atoms with E-state index in [-0.39, 0.29) is 32.4 Å². The molecule has 0 fully saturated rings. The van der Waals surface area contributed by atoms with E-state index in [1.54, 1.807) is 39.8 Å². The SMILES string of the molecule is CCOC(=O)CCNC(=O)C(c1ccc(C)cc1)N(C(=O)C(CCC(N)=O)NC(=O)OC(C)(C)C)C(C)(C)CC. The largest absolute Gasteiger partial charge is 0.466 e. The standard InChI is InChI=1S/C29H46N4O7/c1-9-29(7,8)33(26(37)21(15-16-22(30)34)32-27(38)40-28(4,5)6)24(20-13-11-19(3)12-14-20)25(36)31-18-17-23(35)39-10-2/h11-14,21,24H,9-10,15-18H2,1-8H3,(H2,30,34)(H,31,36)(H,32,38). The van der Waals surface area contributed by atoms with Crippen LogP contribution < -0.4 is 16.4 Å². The molecule has 2 atom stereocenters. The molecule has 40 heavy (non-hydrogen) atoms. The molecule has 0 heterocycles. The molecule has 11 heteroatoms. The fourth-order valence-corrected chi connectivity index (χ4v) is 3.89. The summed E-state index contributed by atoms with van der Waals surface area (Å²) in [6, 6.07) is 4.88. The van der Waals surface area contributed by atoms with Crippen LogP contribution in [0, 0.1) is 6.92 Å². The summed E-state index contributed by atoms with van der Waals surface area (Å²) in [7, 11) is 0. The molecule has 4 amide bonds. The van der Waals surface area contributed by atoms with Crippen LogP contribution in [0.25, 0.3) is 0 Å². The number of alkyl carbamates (subject to hydrolysis) is 1. The van der Waals surface area contributed by atoms with Gasteiger partial charge in [0.1, 0.15) is 17.7 Å². The van der Waals surface area contributed by atoms with E-state index in [0.29, 0.717) is 12.0 Å². The molecule has 224 valence electrons. The highest BCUT2D eigenvalue weighted by Gasteiger charge is 2.43. The van der Waals surface area contributed by atoms with Crippen molar-refractivity contribution in [3.8, 4) is 0 Å². The molecule has 0 aliphatic heterocycles. The number of hydrogen-bond donors (Lipinski definition) is 3. The lowest BCUT2D eigenvalue weighted by molar-refractivity contribution is -0.150. The molecule has 11 nitrogen and oxygen atoms in total. The first-order chi connectivity index (χ1) is 18.5. The monoisotopic (exact) mass is 562 g/mol. The van der Waals surface area contributed by atoms with E-state index in [2.05, 4.69) is 10.6 Å². The maximum absolute atomic E-state index is 14.3. The van der Waals surface area contributed by atoms with Gasteiger partial charge in [-0.2, -0.15) is 0 Å². The van der Waals surface area contributed by atoms with Gasteiger partial charge in [-0.25, -0.2) is 4.79 Å². The number of primary amides is 1. The number of esters is 1. The Labute approximate surface area is 237 Å². The van der Waals surface area contributed by atoms with Crippen molar-refractivity contribution in [3.05, 3.63) is 35.4 Å². The maximum atomic E-state index is 14.3. The number of aryl methyl sites for hydroxylation is 1. The summed E-state index contributed by atoms with van der Waals surface area (Å²) in [6.07, 6.45) is -0.670. The molecule has 1 aromatic carbocycles. The number of ether oxygens (including phenoxy) is 2. The quantitative estimate of drug-likeness (QED) is 0.294. The van der Waals surface area contributed by atoms with Crippen molar-refractivity contribution in [1.29, 1.82) is 0 Å². The van der Waals surface area contributed by atoms with Crippen LogP contribution in [0.3, 0.4) is 0 Å². The topological polar surface area (TPSA) is 157 Å². The number of carbonyl (C=O) groups excluding carboxylic acids is 5. The van der Waals surface area contributed by atoms with Crippen LogP contribution in [-0.4, -0.2) is 65.0 Å². The van der Waals surface area contributed by atoms with Gasteiger partial charge in [0.15, 0.2) is 0 Å². The van der Waals surface area contributed by atoms with Gasteiger partial charge in [0.2, 0.25) is 17.7 Å². The molecule has 2 unspecified atom stereocenters. The van der Waals surface area contributed by atoms with Gasteiger partial charge in [-0.05, 0) is 66.9 Å². The normalized spacial score (nSPS) is 13.0. The van der Waals surface area contributed by atoms with Crippen molar-refractivity contribution in [2.45, 2.75) is 104 Å².